The molecule has 90 heavy (non-hydrogen) atoms. The first kappa shape index (κ1) is 66.8. The number of amides is 5. The molecule has 0 radical (unpaired) electrons. The largest absolute Gasteiger partial charge is 0.497 e. The van der Waals surface area contributed by atoms with Crippen LogP contribution in [0.1, 0.15) is 113 Å². The number of aliphatic hydroxyl groups excluding tert-OH is 1. The zero-order valence-corrected chi connectivity index (χ0v) is 52.2. The van der Waals surface area contributed by atoms with Gasteiger partial charge in [-0.3, -0.25) is 28.8 Å². The number of benzene rings is 4. The molecule has 4 atom stereocenters. The first-order valence-electron chi connectivity index (χ1n) is 30.0. The molecule has 23 nitrogen and oxygen atoms in total. The number of nitrogens with one attached hydrogen (secondary N) is 5. The van der Waals surface area contributed by atoms with Crippen molar-refractivity contribution in [1.82, 2.24) is 36.1 Å². The SMILES string of the molecule is CCc1c2c(nc3cc(OC(=O)NCCNC(=O)C(C)NC(=O)C(C)NC(=O)CCC(=O)NCCCOCC(O)COC(c4ccccc4)(c4ccc(OC)cc4)c4ccc(OC)cc4)ccc13)-c1cc3c(c(=O)n1C2)COC(=O)[C@@]3(CC)OC(=O)C(C)(C)C. The fourth-order valence-corrected chi connectivity index (χ4v) is 10.8. The summed E-state index contributed by atoms with van der Waals surface area (Å²) < 4.78 is 41.9. The van der Waals surface area contributed by atoms with Gasteiger partial charge in [-0.25, -0.2) is 14.6 Å². The highest BCUT2D eigenvalue weighted by Gasteiger charge is 2.52. The van der Waals surface area contributed by atoms with Gasteiger partial charge in [0.15, 0.2) is 0 Å². The lowest BCUT2D eigenvalue weighted by atomic mass is 9.80. The van der Waals surface area contributed by atoms with Gasteiger partial charge in [0.2, 0.25) is 29.2 Å². The van der Waals surface area contributed by atoms with Crippen molar-refractivity contribution in [3.63, 3.8) is 0 Å². The molecule has 2 aliphatic rings. The highest BCUT2D eigenvalue weighted by Crippen LogP contribution is 2.45. The summed E-state index contributed by atoms with van der Waals surface area (Å²) >= 11 is 0. The number of esters is 2. The van der Waals surface area contributed by atoms with E-state index in [0.29, 0.717) is 41.2 Å². The molecule has 8 rings (SSSR count). The number of rotatable bonds is 28. The number of carbonyl (C=O) groups is 7. The van der Waals surface area contributed by atoms with Crippen molar-refractivity contribution >= 4 is 52.6 Å². The van der Waals surface area contributed by atoms with E-state index in [4.69, 9.17) is 38.1 Å². The van der Waals surface area contributed by atoms with E-state index in [0.717, 1.165) is 33.2 Å². The van der Waals surface area contributed by atoms with Crippen molar-refractivity contribution in [3.05, 3.63) is 152 Å². The number of hydrogen-bond donors (Lipinski definition) is 6. The van der Waals surface area contributed by atoms with Crippen LogP contribution in [0.15, 0.2) is 108 Å². The minimum Gasteiger partial charge on any atom is -0.497 e. The second-order valence-corrected chi connectivity index (χ2v) is 23.0. The van der Waals surface area contributed by atoms with Crippen molar-refractivity contribution in [2.75, 3.05) is 53.7 Å². The Hall–Kier alpha value is -9.19. The van der Waals surface area contributed by atoms with E-state index in [1.54, 1.807) is 70.7 Å². The standard InChI is InChI=1S/C67H79N7O16/c1-10-49-50-27-26-48(34-54(50)73-58-51(49)36-74-55(58)35-53-52(61(74)80)39-87-63(82)66(53,11-2)90-62(81)65(5,6)7)89-64(83)70-32-31-69-59(78)40(3)72-60(79)41(4)71-57(77)29-28-56(76)68-30-15-33-86-37-45(75)38-88-67(42-16-13-12-14-17-42,43-18-22-46(84-8)23-19-43)44-20-24-47(85-9)25-21-44/h12-14,16-27,34-35,40-41,45,75H,10-11,15,28-33,36-39H2,1-9H3,(H,68,76)(H,69,78)(H,70,83)(H,71,77)(H,72,79)/t40?,41?,45?,66-/m0/s1. The van der Waals surface area contributed by atoms with Gasteiger partial charge in [-0.05, 0) is 119 Å². The lowest BCUT2D eigenvalue weighted by Crippen LogP contribution is -2.52. The molecule has 2 aromatic heterocycles. The number of nitrogens with zero attached hydrogens (tertiary/aromatic N) is 2. The summed E-state index contributed by atoms with van der Waals surface area (Å²) in [6.45, 7) is 11.8. The number of cyclic esters (lactones) is 1. The number of aromatic nitrogens is 2. The fraction of sp³-hybridized carbons (Fsp3) is 0.418. The Morgan fingerprint density at radius 2 is 1.34 bits per heavy atom. The molecule has 0 fully saturated rings. The topological polar surface area (TPSA) is 299 Å². The van der Waals surface area contributed by atoms with E-state index in [-0.39, 0.29) is 100 Å². The average Bonchev–Trinajstić information content (AvgIpc) is 1.43. The maximum absolute atomic E-state index is 14.2. The average molecular weight is 1240 g/mol. The van der Waals surface area contributed by atoms with Crippen LogP contribution >= 0.6 is 0 Å². The van der Waals surface area contributed by atoms with Crippen molar-refractivity contribution < 1.29 is 71.8 Å². The lowest BCUT2D eigenvalue weighted by Gasteiger charge is -2.37. The van der Waals surface area contributed by atoms with E-state index in [9.17, 15) is 43.5 Å². The Balaban J connectivity index is 0.731. The van der Waals surface area contributed by atoms with Crippen LogP contribution in [0.5, 0.6) is 17.2 Å². The zero-order valence-electron chi connectivity index (χ0n) is 52.2. The lowest BCUT2D eigenvalue weighted by molar-refractivity contribution is -0.194. The number of carbonyl (C=O) groups excluding carboxylic acids is 7. The smallest absolute Gasteiger partial charge is 0.412 e. The summed E-state index contributed by atoms with van der Waals surface area (Å²) in [6.07, 6.45) is -1.13. The van der Waals surface area contributed by atoms with Gasteiger partial charge in [-0.1, -0.05) is 68.4 Å². The van der Waals surface area contributed by atoms with Crippen LogP contribution in [0.3, 0.4) is 0 Å². The third-order valence-corrected chi connectivity index (χ3v) is 15.7. The van der Waals surface area contributed by atoms with E-state index < -0.39 is 70.6 Å². The summed E-state index contributed by atoms with van der Waals surface area (Å²) in [4.78, 5) is 110. The Morgan fingerprint density at radius 3 is 1.98 bits per heavy atom. The van der Waals surface area contributed by atoms with Crippen molar-refractivity contribution in [3.8, 4) is 28.6 Å². The van der Waals surface area contributed by atoms with Crippen LogP contribution in [0.25, 0.3) is 22.3 Å². The van der Waals surface area contributed by atoms with Crippen LogP contribution in [0.4, 0.5) is 4.79 Å². The van der Waals surface area contributed by atoms with E-state index in [1.807, 2.05) is 85.8 Å². The van der Waals surface area contributed by atoms with Crippen molar-refractivity contribution in [2.45, 2.75) is 123 Å². The number of aliphatic hydroxyl groups is 1. The van der Waals surface area contributed by atoms with Crippen molar-refractivity contribution in [1.29, 1.82) is 0 Å². The van der Waals surface area contributed by atoms with Gasteiger partial charge >= 0.3 is 18.0 Å². The summed E-state index contributed by atoms with van der Waals surface area (Å²) in [5.74, 6) is -2.00. The zero-order chi connectivity index (χ0) is 64.9. The second-order valence-electron chi connectivity index (χ2n) is 23.0. The molecule has 6 N–H and O–H groups in total. The highest BCUT2D eigenvalue weighted by molar-refractivity contribution is 5.93. The predicted octanol–water partition coefficient (Wildman–Crippen LogP) is 6.14. The molecular formula is C67H79N7O16. The second kappa shape index (κ2) is 29.4. The molecule has 5 amide bonds. The third-order valence-electron chi connectivity index (χ3n) is 15.7. The molecule has 478 valence electrons. The molecular weight excluding hydrogens is 1160 g/mol. The molecule has 2 aliphatic heterocycles. The Kier molecular flexibility index (Phi) is 21.8. The summed E-state index contributed by atoms with van der Waals surface area (Å²) in [7, 11) is 3.20. The first-order valence-corrected chi connectivity index (χ1v) is 30.0. The molecule has 4 aromatic carbocycles. The van der Waals surface area contributed by atoms with Crippen LogP contribution in [0.2, 0.25) is 0 Å². The molecule has 23 heteroatoms. The van der Waals surface area contributed by atoms with Gasteiger partial charge in [0.05, 0.1) is 61.9 Å². The highest BCUT2D eigenvalue weighted by atomic mass is 16.6. The number of methoxy groups -OCH3 is 2. The van der Waals surface area contributed by atoms with Gasteiger partial charge < -0.3 is 69.4 Å². The van der Waals surface area contributed by atoms with Crippen LogP contribution in [-0.2, 0) is 78.5 Å². The van der Waals surface area contributed by atoms with Crippen LogP contribution < -0.4 is 46.4 Å². The van der Waals surface area contributed by atoms with E-state index in [1.165, 1.54) is 13.8 Å². The van der Waals surface area contributed by atoms with E-state index in [2.05, 4.69) is 26.6 Å². The maximum atomic E-state index is 14.2. The quantitative estimate of drug-likeness (QED) is 0.0182. The molecule has 3 unspecified atom stereocenters. The molecule has 4 heterocycles. The van der Waals surface area contributed by atoms with Gasteiger partial charge in [0.1, 0.15) is 47.6 Å². The number of ether oxygens (including phenoxy) is 7. The first-order chi connectivity index (χ1) is 43.1. The molecule has 0 saturated heterocycles. The number of hydrogen-bond acceptors (Lipinski definition) is 17. The minimum absolute atomic E-state index is 0.0241. The van der Waals surface area contributed by atoms with Gasteiger partial charge in [-0.2, -0.15) is 0 Å². The van der Waals surface area contributed by atoms with Gasteiger partial charge in [0, 0.05) is 61.7 Å². The van der Waals surface area contributed by atoms with Gasteiger partial charge in [0.25, 0.3) is 5.56 Å². The van der Waals surface area contributed by atoms with E-state index >= 15 is 0 Å². The van der Waals surface area contributed by atoms with Crippen LogP contribution in [-0.4, -0.2) is 128 Å². The summed E-state index contributed by atoms with van der Waals surface area (Å²) in [6, 6.07) is 29.5. The molecule has 0 spiro atoms. The number of fused-ring (bicyclic) bond motifs is 5. The molecule has 0 aliphatic carbocycles. The Bertz CT molecular complexity index is 3610. The fourth-order valence-electron chi connectivity index (χ4n) is 10.8. The monoisotopic (exact) mass is 1240 g/mol. The molecule has 6 aromatic rings. The predicted molar refractivity (Wildman–Crippen MR) is 331 cm³/mol. The number of pyridine rings is 2. The minimum atomic E-state index is -1.84. The van der Waals surface area contributed by atoms with Crippen molar-refractivity contribution in [2.24, 2.45) is 5.41 Å². The van der Waals surface area contributed by atoms with Gasteiger partial charge in [-0.15, -0.1) is 0 Å². The molecule has 0 saturated carbocycles. The Morgan fingerprint density at radius 1 is 0.722 bits per heavy atom. The normalized spacial score (nSPS) is 15.2. The Labute approximate surface area is 521 Å². The summed E-state index contributed by atoms with van der Waals surface area (Å²) in [5, 5.41) is 24.9. The number of aryl methyl sites for hydroxylation is 1. The van der Waals surface area contributed by atoms with Crippen LogP contribution in [0, 0.1) is 5.41 Å². The maximum Gasteiger partial charge on any atom is 0.412 e. The molecule has 0 bridgehead atoms. The summed E-state index contributed by atoms with van der Waals surface area (Å²) in [5.41, 5.74) is 1.82. The third kappa shape index (κ3) is 15.1.